The Balaban J connectivity index is 1.97. The lowest BCUT2D eigenvalue weighted by Crippen LogP contribution is -2.39. The Morgan fingerprint density at radius 1 is 1.31 bits per heavy atom. The Morgan fingerprint density at radius 3 is 2.81 bits per heavy atom. The Bertz CT molecular complexity index is 923. The van der Waals surface area contributed by atoms with Crippen molar-refractivity contribution in [3.8, 4) is 6.07 Å². The van der Waals surface area contributed by atoms with Crippen LogP contribution in [0.5, 0.6) is 0 Å². The maximum Gasteiger partial charge on any atom is 0.260 e. The molecule has 1 fully saturated rings. The highest BCUT2D eigenvalue weighted by Crippen LogP contribution is 2.32. The lowest BCUT2D eigenvalue weighted by molar-refractivity contribution is 0.0819. The quantitative estimate of drug-likeness (QED) is 0.677. The highest BCUT2D eigenvalue weighted by atomic mass is 35.5. The third-order valence-corrected chi connectivity index (χ3v) is 5.87. The van der Waals surface area contributed by atoms with Crippen LogP contribution in [0.15, 0.2) is 47.5 Å². The lowest BCUT2D eigenvalue weighted by Gasteiger charge is -2.23. The van der Waals surface area contributed by atoms with Gasteiger partial charge in [0, 0.05) is 17.4 Å². The molecule has 3 rings (SSSR count). The van der Waals surface area contributed by atoms with Crippen LogP contribution in [-0.4, -0.2) is 27.8 Å². The average molecular weight is 404 g/mol. The van der Waals surface area contributed by atoms with Crippen LogP contribution < -0.4 is 0 Å². The third kappa shape index (κ3) is 3.88. The Hall–Kier alpha value is -2.00. The molecule has 132 valence electrons. The highest BCUT2D eigenvalue weighted by Gasteiger charge is 2.34. The number of carbonyl (C=O) groups excluding carboxylic acids is 1. The van der Waals surface area contributed by atoms with Gasteiger partial charge in [0.05, 0.1) is 27.4 Å². The molecule has 1 aliphatic rings. The van der Waals surface area contributed by atoms with Gasteiger partial charge in [-0.25, -0.2) is 4.99 Å². The summed E-state index contributed by atoms with van der Waals surface area (Å²) >= 11 is 13.6. The van der Waals surface area contributed by atoms with Crippen molar-refractivity contribution in [2.24, 2.45) is 4.99 Å². The van der Waals surface area contributed by atoms with Gasteiger partial charge in [-0.1, -0.05) is 48.0 Å². The first kappa shape index (κ1) is 18.8. The van der Waals surface area contributed by atoms with E-state index < -0.39 is 0 Å². The molecule has 0 aromatic heterocycles. The van der Waals surface area contributed by atoms with E-state index in [0.29, 0.717) is 32.0 Å². The molecule has 1 atom stereocenters. The van der Waals surface area contributed by atoms with Gasteiger partial charge < -0.3 is 0 Å². The summed E-state index contributed by atoms with van der Waals surface area (Å²) in [6.07, 6.45) is 0.817. The molecule has 2 aromatic rings. The SMILES string of the molecule is CCC1CSC(=Nc2ccc(Cl)c(Cl)c2)N1C(=O)c1cccc(C#N)c1. The lowest BCUT2D eigenvalue weighted by atomic mass is 10.1. The topological polar surface area (TPSA) is 56.5 Å². The number of carbonyl (C=O) groups is 1. The van der Waals surface area contributed by atoms with Gasteiger partial charge >= 0.3 is 0 Å². The molecule has 1 unspecified atom stereocenters. The Labute approximate surface area is 166 Å². The molecular weight excluding hydrogens is 389 g/mol. The van der Waals surface area contributed by atoms with Gasteiger partial charge in [0.25, 0.3) is 5.91 Å². The molecule has 0 N–H and O–H groups in total. The molecule has 0 aliphatic carbocycles. The summed E-state index contributed by atoms with van der Waals surface area (Å²) in [4.78, 5) is 19.4. The van der Waals surface area contributed by atoms with E-state index in [9.17, 15) is 4.79 Å². The van der Waals surface area contributed by atoms with E-state index in [4.69, 9.17) is 28.5 Å². The number of hydrogen-bond acceptors (Lipinski definition) is 4. The third-order valence-electron chi connectivity index (χ3n) is 4.03. The summed E-state index contributed by atoms with van der Waals surface area (Å²) in [6.45, 7) is 2.04. The number of nitriles is 1. The minimum atomic E-state index is -0.155. The van der Waals surface area contributed by atoms with Crippen molar-refractivity contribution in [3.63, 3.8) is 0 Å². The second-order valence-corrected chi connectivity index (χ2v) is 7.54. The predicted octanol–water partition coefficient (Wildman–Crippen LogP) is 5.52. The monoisotopic (exact) mass is 403 g/mol. The first-order valence-electron chi connectivity index (χ1n) is 8.03. The van der Waals surface area contributed by atoms with Gasteiger partial charge in [-0.3, -0.25) is 9.69 Å². The zero-order chi connectivity index (χ0) is 18.7. The fourth-order valence-electron chi connectivity index (χ4n) is 2.64. The van der Waals surface area contributed by atoms with Crippen molar-refractivity contribution in [1.82, 2.24) is 4.90 Å². The molecule has 1 heterocycles. The van der Waals surface area contributed by atoms with Gasteiger partial charge in [-0.05, 0) is 42.8 Å². The second-order valence-electron chi connectivity index (χ2n) is 5.73. The van der Waals surface area contributed by atoms with Crippen LogP contribution >= 0.6 is 35.0 Å². The number of thioether (sulfide) groups is 1. The van der Waals surface area contributed by atoms with E-state index in [1.165, 1.54) is 11.8 Å². The van der Waals surface area contributed by atoms with Crippen molar-refractivity contribution < 1.29 is 4.79 Å². The molecule has 0 saturated carbocycles. The Kier molecular flexibility index (Phi) is 5.87. The van der Waals surface area contributed by atoms with E-state index in [0.717, 1.165) is 12.2 Å². The van der Waals surface area contributed by atoms with Crippen LogP contribution in [0.25, 0.3) is 0 Å². The predicted molar refractivity (Wildman–Crippen MR) is 107 cm³/mol. The first-order chi connectivity index (χ1) is 12.5. The molecule has 2 aromatic carbocycles. The molecular formula is C19H15Cl2N3OS. The van der Waals surface area contributed by atoms with Crippen molar-refractivity contribution in [2.75, 3.05) is 5.75 Å². The number of aliphatic imine (C=N–C) groups is 1. The maximum atomic E-state index is 13.1. The standard InChI is InChI=1S/C19H15Cl2N3OS/c1-2-15-11-26-19(23-14-6-7-16(20)17(21)9-14)24(15)18(25)13-5-3-4-12(8-13)10-22/h3-9,15H,2,11H2,1H3. The first-order valence-corrected chi connectivity index (χ1v) is 9.78. The Morgan fingerprint density at radius 2 is 2.12 bits per heavy atom. The summed E-state index contributed by atoms with van der Waals surface area (Å²) in [5.74, 6) is 0.623. The molecule has 1 aliphatic heterocycles. The van der Waals surface area contributed by atoms with Crippen molar-refractivity contribution in [3.05, 3.63) is 63.6 Å². The molecule has 1 amide bonds. The summed E-state index contributed by atoms with van der Waals surface area (Å²) in [5, 5.41) is 10.6. The van der Waals surface area contributed by atoms with Crippen molar-refractivity contribution >= 4 is 51.7 Å². The number of rotatable bonds is 3. The molecule has 4 nitrogen and oxygen atoms in total. The number of nitrogens with zero attached hydrogens (tertiary/aromatic N) is 3. The van der Waals surface area contributed by atoms with Gasteiger partial charge in [0.15, 0.2) is 5.17 Å². The van der Waals surface area contributed by atoms with Crippen molar-refractivity contribution in [1.29, 1.82) is 5.26 Å². The fourth-order valence-corrected chi connectivity index (χ4v) is 4.20. The van der Waals surface area contributed by atoms with Crippen LogP contribution in [0.3, 0.4) is 0 Å². The van der Waals surface area contributed by atoms with E-state index in [1.54, 1.807) is 47.4 Å². The van der Waals surface area contributed by atoms with Crippen LogP contribution in [0.2, 0.25) is 10.0 Å². The fraction of sp³-hybridized carbons (Fsp3) is 0.211. The van der Waals surface area contributed by atoms with Gasteiger partial charge in [0.1, 0.15) is 0 Å². The minimum Gasteiger partial charge on any atom is -0.283 e. The summed E-state index contributed by atoms with van der Waals surface area (Å²) in [5.41, 5.74) is 1.58. The number of halogens is 2. The van der Waals surface area contributed by atoms with Gasteiger partial charge in [-0.15, -0.1) is 0 Å². The summed E-state index contributed by atoms with van der Waals surface area (Å²) in [6, 6.07) is 14.0. The number of amides is 1. The van der Waals surface area contributed by atoms with Gasteiger partial charge in [0.2, 0.25) is 0 Å². The largest absolute Gasteiger partial charge is 0.283 e. The van der Waals surface area contributed by atoms with E-state index >= 15 is 0 Å². The molecule has 0 bridgehead atoms. The smallest absolute Gasteiger partial charge is 0.260 e. The molecule has 0 radical (unpaired) electrons. The zero-order valence-electron chi connectivity index (χ0n) is 13.9. The average Bonchev–Trinajstić information content (AvgIpc) is 3.06. The van der Waals surface area contributed by atoms with Crippen LogP contribution in [0, 0.1) is 11.3 Å². The molecule has 0 spiro atoms. The summed E-state index contributed by atoms with van der Waals surface area (Å²) in [7, 11) is 0. The number of hydrogen-bond donors (Lipinski definition) is 0. The summed E-state index contributed by atoms with van der Waals surface area (Å²) < 4.78 is 0. The minimum absolute atomic E-state index is 0.0553. The van der Waals surface area contributed by atoms with Crippen LogP contribution in [0.1, 0.15) is 29.3 Å². The zero-order valence-corrected chi connectivity index (χ0v) is 16.3. The second kappa shape index (κ2) is 8.13. The molecule has 1 saturated heterocycles. The van der Waals surface area contributed by atoms with E-state index in [-0.39, 0.29) is 11.9 Å². The maximum absolute atomic E-state index is 13.1. The highest BCUT2D eigenvalue weighted by molar-refractivity contribution is 8.14. The number of benzene rings is 2. The molecule has 26 heavy (non-hydrogen) atoms. The normalized spacial score (nSPS) is 18.2. The van der Waals surface area contributed by atoms with Crippen LogP contribution in [0.4, 0.5) is 5.69 Å². The molecule has 7 heteroatoms. The van der Waals surface area contributed by atoms with Gasteiger partial charge in [-0.2, -0.15) is 5.26 Å². The van der Waals surface area contributed by atoms with E-state index in [2.05, 4.69) is 11.1 Å². The van der Waals surface area contributed by atoms with E-state index in [1.807, 2.05) is 6.92 Å². The van der Waals surface area contributed by atoms with Crippen LogP contribution in [-0.2, 0) is 0 Å². The number of amidine groups is 1. The van der Waals surface area contributed by atoms with Crippen molar-refractivity contribution in [2.45, 2.75) is 19.4 Å².